The summed E-state index contributed by atoms with van der Waals surface area (Å²) in [6.07, 6.45) is 1.73. The van der Waals surface area contributed by atoms with E-state index in [1.807, 2.05) is 0 Å². The topological polar surface area (TPSA) is 59.2 Å². The van der Waals surface area contributed by atoms with Gasteiger partial charge in [0.05, 0.1) is 0 Å². The molecule has 132 valence electrons. The molecule has 4 nitrogen and oxygen atoms in total. The Morgan fingerprint density at radius 1 is 0.885 bits per heavy atom. The minimum Gasteiger partial charge on any atom is -0.457 e. The number of ether oxygens (including phenoxy) is 1. The first-order chi connectivity index (χ1) is 12.5. The van der Waals surface area contributed by atoms with Crippen molar-refractivity contribution in [3.8, 4) is 0 Å². The monoisotopic (exact) mass is 355 g/mol. The van der Waals surface area contributed by atoms with Gasteiger partial charge in [-0.3, -0.25) is 4.79 Å². The molecule has 26 heavy (non-hydrogen) atoms. The van der Waals surface area contributed by atoms with E-state index in [-0.39, 0.29) is 30.2 Å². The number of nitrogens with one attached hydrogen (secondary N) is 1. The van der Waals surface area contributed by atoms with Gasteiger partial charge < -0.3 is 9.72 Å². The Bertz CT molecular complexity index is 964. The van der Waals surface area contributed by atoms with Crippen LogP contribution in [0.3, 0.4) is 0 Å². The van der Waals surface area contributed by atoms with Crippen LogP contribution < -0.4 is 5.56 Å². The molecule has 1 heterocycles. The third kappa shape index (κ3) is 4.22. The molecule has 3 aromatic rings. The summed E-state index contributed by atoms with van der Waals surface area (Å²) in [5.74, 6) is -1.52. The predicted molar refractivity (Wildman–Crippen MR) is 91.8 cm³/mol. The summed E-state index contributed by atoms with van der Waals surface area (Å²) in [5, 5.41) is 0. The Kier molecular flexibility index (Phi) is 5.22. The quantitative estimate of drug-likeness (QED) is 0.712. The third-order valence-electron chi connectivity index (χ3n) is 3.84. The summed E-state index contributed by atoms with van der Waals surface area (Å²) in [7, 11) is 0. The van der Waals surface area contributed by atoms with Crippen molar-refractivity contribution in [1.82, 2.24) is 4.98 Å². The van der Waals surface area contributed by atoms with E-state index in [9.17, 15) is 18.4 Å². The first-order valence-corrected chi connectivity index (χ1v) is 7.89. The molecule has 2 aromatic carbocycles. The zero-order chi connectivity index (χ0) is 18.5. The van der Waals surface area contributed by atoms with E-state index >= 15 is 0 Å². The molecule has 6 heteroatoms. The SMILES string of the molecule is O=C(OCc1ccc(F)cc1)c1c(Cc2ccc(F)cc2)cc[nH]c1=O. The Morgan fingerprint density at radius 2 is 1.46 bits per heavy atom. The van der Waals surface area contributed by atoms with Crippen LogP contribution in [0.15, 0.2) is 65.6 Å². The number of esters is 1. The highest BCUT2D eigenvalue weighted by atomic mass is 19.1. The van der Waals surface area contributed by atoms with Crippen LogP contribution in [-0.4, -0.2) is 11.0 Å². The van der Waals surface area contributed by atoms with Crippen molar-refractivity contribution < 1.29 is 18.3 Å². The van der Waals surface area contributed by atoms with Crippen molar-refractivity contribution in [2.45, 2.75) is 13.0 Å². The Morgan fingerprint density at radius 3 is 2.08 bits per heavy atom. The van der Waals surface area contributed by atoms with E-state index in [1.54, 1.807) is 18.2 Å². The van der Waals surface area contributed by atoms with E-state index < -0.39 is 11.5 Å². The number of rotatable bonds is 5. The average Bonchev–Trinajstić information content (AvgIpc) is 2.63. The molecule has 0 aliphatic rings. The summed E-state index contributed by atoms with van der Waals surface area (Å²) < 4.78 is 31.1. The van der Waals surface area contributed by atoms with E-state index in [4.69, 9.17) is 4.74 Å². The van der Waals surface area contributed by atoms with Crippen LogP contribution in [0.4, 0.5) is 8.78 Å². The van der Waals surface area contributed by atoms with Crippen molar-refractivity contribution in [2.24, 2.45) is 0 Å². The first-order valence-electron chi connectivity index (χ1n) is 7.89. The van der Waals surface area contributed by atoms with Gasteiger partial charge in [0.25, 0.3) is 5.56 Å². The zero-order valence-corrected chi connectivity index (χ0v) is 13.7. The maximum atomic E-state index is 13.0. The Hall–Kier alpha value is -3.28. The maximum Gasteiger partial charge on any atom is 0.344 e. The minimum atomic E-state index is -0.770. The lowest BCUT2D eigenvalue weighted by molar-refractivity contribution is 0.0469. The second kappa shape index (κ2) is 7.74. The van der Waals surface area contributed by atoms with Gasteiger partial charge in [-0.05, 0) is 53.4 Å². The van der Waals surface area contributed by atoms with Crippen LogP contribution >= 0.6 is 0 Å². The third-order valence-corrected chi connectivity index (χ3v) is 3.84. The highest BCUT2D eigenvalue weighted by molar-refractivity contribution is 5.90. The van der Waals surface area contributed by atoms with Crippen LogP contribution in [0.5, 0.6) is 0 Å². The molecule has 0 atom stereocenters. The molecule has 0 aliphatic carbocycles. The average molecular weight is 355 g/mol. The molecule has 1 aromatic heterocycles. The molecule has 0 saturated heterocycles. The fourth-order valence-electron chi connectivity index (χ4n) is 2.51. The molecular weight excluding hydrogens is 340 g/mol. The number of aromatic nitrogens is 1. The van der Waals surface area contributed by atoms with E-state index in [0.29, 0.717) is 11.1 Å². The van der Waals surface area contributed by atoms with Gasteiger partial charge in [-0.1, -0.05) is 24.3 Å². The number of hydrogen-bond acceptors (Lipinski definition) is 3. The molecular formula is C20H15F2NO3. The van der Waals surface area contributed by atoms with Gasteiger partial charge in [0.15, 0.2) is 0 Å². The first kappa shape index (κ1) is 17.5. The van der Waals surface area contributed by atoms with Gasteiger partial charge in [-0.15, -0.1) is 0 Å². The molecule has 0 spiro atoms. The summed E-state index contributed by atoms with van der Waals surface area (Å²) in [6.45, 7) is -0.0799. The smallest absolute Gasteiger partial charge is 0.344 e. The highest BCUT2D eigenvalue weighted by Gasteiger charge is 2.18. The molecule has 0 unspecified atom stereocenters. The van der Waals surface area contributed by atoms with Gasteiger partial charge in [0.1, 0.15) is 23.8 Å². The molecule has 3 rings (SSSR count). The number of benzene rings is 2. The molecule has 0 aliphatic heterocycles. The van der Waals surface area contributed by atoms with Crippen molar-refractivity contribution >= 4 is 5.97 Å². The zero-order valence-electron chi connectivity index (χ0n) is 13.7. The number of halogens is 2. The largest absolute Gasteiger partial charge is 0.457 e. The number of hydrogen-bond donors (Lipinski definition) is 1. The molecule has 1 N–H and O–H groups in total. The van der Waals surface area contributed by atoms with Crippen LogP contribution in [0.25, 0.3) is 0 Å². The molecule has 0 bridgehead atoms. The van der Waals surface area contributed by atoms with Crippen LogP contribution in [0, 0.1) is 11.6 Å². The predicted octanol–water partition coefficient (Wildman–Crippen LogP) is 3.60. The van der Waals surface area contributed by atoms with Crippen molar-refractivity contribution in [1.29, 1.82) is 0 Å². The fraction of sp³-hybridized carbons (Fsp3) is 0.100. The Balaban J connectivity index is 1.79. The second-order valence-corrected chi connectivity index (χ2v) is 5.71. The fourth-order valence-corrected chi connectivity index (χ4v) is 2.51. The Labute approximate surface area is 148 Å². The number of aromatic amines is 1. The molecule has 0 saturated carbocycles. The standard InChI is InChI=1S/C20H15F2NO3/c21-16-5-1-13(2-6-16)11-15-9-10-23-19(24)18(15)20(25)26-12-14-3-7-17(22)8-4-14/h1-10H,11-12H2,(H,23,24). The van der Waals surface area contributed by atoms with E-state index in [1.165, 1.54) is 42.6 Å². The lowest BCUT2D eigenvalue weighted by Gasteiger charge is -2.09. The van der Waals surface area contributed by atoms with Crippen molar-refractivity contribution in [3.63, 3.8) is 0 Å². The number of pyridine rings is 1. The van der Waals surface area contributed by atoms with Gasteiger partial charge in [-0.2, -0.15) is 0 Å². The van der Waals surface area contributed by atoms with Crippen molar-refractivity contribution in [3.05, 3.63) is 105 Å². The van der Waals surface area contributed by atoms with Crippen molar-refractivity contribution in [2.75, 3.05) is 0 Å². The summed E-state index contributed by atoms with van der Waals surface area (Å²) in [6, 6.07) is 12.9. The normalized spacial score (nSPS) is 10.5. The van der Waals surface area contributed by atoms with Gasteiger partial charge >= 0.3 is 5.97 Å². The molecule has 0 radical (unpaired) electrons. The minimum absolute atomic E-state index is 0.0799. The summed E-state index contributed by atoms with van der Waals surface area (Å²) in [4.78, 5) is 27.0. The molecule has 0 fully saturated rings. The van der Waals surface area contributed by atoms with Gasteiger partial charge in [0, 0.05) is 6.20 Å². The number of carbonyl (C=O) groups excluding carboxylic acids is 1. The summed E-state index contributed by atoms with van der Waals surface area (Å²) in [5.41, 5.74) is 1.17. The van der Waals surface area contributed by atoms with E-state index in [0.717, 1.165) is 5.56 Å². The van der Waals surface area contributed by atoms with Gasteiger partial charge in [-0.25, -0.2) is 13.6 Å². The number of carbonyl (C=O) groups is 1. The second-order valence-electron chi connectivity index (χ2n) is 5.71. The lowest BCUT2D eigenvalue weighted by Crippen LogP contribution is -2.22. The highest BCUT2D eigenvalue weighted by Crippen LogP contribution is 2.14. The van der Waals surface area contributed by atoms with E-state index in [2.05, 4.69) is 4.98 Å². The van der Waals surface area contributed by atoms with Crippen LogP contribution in [-0.2, 0) is 17.8 Å². The summed E-state index contributed by atoms with van der Waals surface area (Å²) >= 11 is 0. The molecule has 0 amide bonds. The van der Waals surface area contributed by atoms with Crippen LogP contribution in [0.2, 0.25) is 0 Å². The lowest BCUT2D eigenvalue weighted by atomic mass is 10.0. The van der Waals surface area contributed by atoms with Crippen LogP contribution in [0.1, 0.15) is 27.0 Å². The number of H-pyrrole nitrogens is 1. The maximum absolute atomic E-state index is 13.0. The van der Waals surface area contributed by atoms with Gasteiger partial charge in [0.2, 0.25) is 0 Å².